The van der Waals surface area contributed by atoms with Gasteiger partial charge < -0.3 is 14.2 Å². The van der Waals surface area contributed by atoms with Gasteiger partial charge in [-0.25, -0.2) is 4.79 Å². The van der Waals surface area contributed by atoms with E-state index in [2.05, 4.69) is 4.74 Å². The number of fused-ring (bicyclic) bond motifs is 1. The molecule has 6 unspecified atom stereocenters. The highest BCUT2D eigenvalue weighted by atomic mass is 32.2. The Morgan fingerprint density at radius 2 is 1.79 bits per heavy atom. The molecule has 9 heteroatoms. The molecule has 3 saturated heterocycles. The standard InChI is InChI=1S/C15H14O8S/c1-20-15(17)8-9-10(22-14(16)7-5-3-2-4-6-7)11-12(21-9)13(8)24(18,19)23-11/h2-6,8-13H,1H3. The van der Waals surface area contributed by atoms with Crippen molar-refractivity contribution in [2.45, 2.75) is 29.7 Å². The van der Waals surface area contributed by atoms with Crippen molar-refractivity contribution in [1.82, 2.24) is 0 Å². The average Bonchev–Trinajstić information content (AvgIpc) is 3.17. The van der Waals surface area contributed by atoms with Crippen LogP contribution in [0.1, 0.15) is 10.4 Å². The molecule has 6 atom stereocenters. The lowest BCUT2D eigenvalue weighted by Crippen LogP contribution is -2.50. The lowest BCUT2D eigenvalue weighted by Gasteiger charge is -2.26. The van der Waals surface area contributed by atoms with Crippen molar-refractivity contribution in [3.05, 3.63) is 35.9 Å². The minimum atomic E-state index is -3.99. The molecule has 0 spiro atoms. The van der Waals surface area contributed by atoms with Gasteiger partial charge in [0, 0.05) is 0 Å². The van der Waals surface area contributed by atoms with E-state index >= 15 is 0 Å². The number of hydrogen-bond donors (Lipinski definition) is 0. The molecule has 3 aliphatic heterocycles. The third kappa shape index (κ3) is 2.08. The quantitative estimate of drug-likeness (QED) is 0.546. The predicted molar refractivity (Wildman–Crippen MR) is 77.4 cm³/mol. The van der Waals surface area contributed by atoms with Gasteiger partial charge in [-0.1, -0.05) is 18.2 Å². The first-order valence-electron chi connectivity index (χ1n) is 7.35. The predicted octanol–water partition coefficient (Wildman–Crippen LogP) is -0.121. The lowest BCUT2D eigenvalue weighted by atomic mass is 9.85. The van der Waals surface area contributed by atoms with Gasteiger partial charge in [0.2, 0.25) is 0 Å². The van der Waals surface area contributed by atoms with Crippen molar-refractivity contribution < 1.29 is 36.4 Å². The Labute approximate surface area is 137 Å². The van der Waals surface area contributed by atoms with E-state index in [-0.39, 0.29) is 0 Å². The minimum Gasteiger partial charge on any atom is -0.469 e. The number of carbonyl (C=O) groups is 2. The highest BCUT2D eigenvalue weighted by Crippen LogP contribution is 2.51. The Bertz CT molecular complexity index is 789. The number of benzene rings is 1. The van der Waals surface area contributed by atoms with Gasteiger partial charge in [0.1, 0.15) is 29.5 Å². The van der Waals surface area contributed by atoms with E-state index in [1.165, 1.54) is 7.11 Å². The Morgan fingerprint density at radius 3 is 2.46 bits per heavy atom. The number of esters is 2. The SMILES string of the molecule is COC(=O)C1C2OC3C(OS(=O)(=O)C31)C2OC(=O)c1ccccc1. The zero-order chi connectivity index (χ0) is 17.1. The van der Waals surface area contributed by atoms with E-state index < -0.39 is 57.6 Å². The van der Waals surface area contributed by atoms with Gasteiger partial charge in [0.15, 0.2) is 6.10 Å². The summed E-state index contributed by atoms with van der Waals surface area (Å²) in [6.45, 7) is 0. The second-order valence-electron chi connectivity index (χ2n) is 5.87. The summed E-state index contributed by atoms with van der Waals surface area (Å²) in [4.78, 5) is 24.3. The van der Waals surface area contributed by atoms with Crippen molar-refractivity contribution in [2.24, 2.45) is 5.92 Å². The molecule has 0 aliphatic carbocycles. The minimum absolute atomic E-state index is 0.312. The molecule has 0 saturated carbocycles. The molecule has 3 aliphatic rings. The number of hydrogen-bond acceptors (Lipinski definition) is 8. The van der Waals surface area contributed by atoms with E-state index in [1.807, 2.05) is 0 Å². The molecular formula is C15H14O8S. The summed E-state index contributed by atoms with van der Waals surface area (Å²) < 4.78 is 45.1. The van der Waals surface area contributed by atoms with Crippen molar-refractivity contribution in [1.29, 1.82) is 0 Å². The molecule has 0 radical (unpaired) electrons. The first-order valence-corrected chi connectivity index (χ1v) is 8.82. The molecule has 0 N–H and O–H groups in total. The Hall–Kier alpha value is -1.97. The Balaban J connectivity index is 1.64. The van der Waals surface area contributed by atoms with Crippen LogP contribution >= 0.6 is 0 Å². The fourth-order valence-corrected chi connectivity index (χ4v) is 5.46. The molecule has 3 heterocycles. The van der Waals surface area contributed by atoms with E-state index in [9.17, 15) is 18.0 Å². The van der Waals surface area contributed by atoms with Crippen LogP contribution in [0.3, 0.4) is 0 Å². The first-order chi connectivity index (χ1) is 11.4. The maximum absolute atomic E-state index is 12.3. The molecule has 24 heavy (non-hydrogen) atoms. The molecule has 0 amide bonds. The number of carbonyl (C=O) groups excluding carboxylic acids is 2. The normalized spacial score (nSPS) is 38.0. The van der Waals surface area contributed by atoms with Gasteiger partial charge in [-0.2, -0.15) is 8.42 Å². The number of methoxy groups -OCH3 is 1. The van der Waals surface area contributed by atoms with E-state index in [0.29, 0.717) is 5.56 Å². The molecule has 2 bridgehead atoms. The van der Waals surface area contributed by atoms with Gasteiger partial charge >= 0.3 is 11.9 Å². The summed E-state index contributed by atoms with van der Waals surface area (Å²) in [5, 5.41) is -1.12. The van der Waals surface area contributed by atoms with Gasteiger partial charge in [0.05, 0.1) is 12.7 Å². The van der Waals surface area contributed by atoms with Crippen molar-refractivity contribution >= 4 is 22.1 Å². The van der Waals surface area contributed by atoms with Crippen LogP contribution in [0, 0.1) is 5.92 Å². The smallest absolute Gasteiger partial charge is 0.338 e. The van der Waals surface area contributed by atoms with E-state index in [0.717, 1.165) is 0 Å². The van der Waals surface area contributed by atoms with Crippen molar-refractivity contribution in [3.8, 4) is 0 Å². The number of ether oxygens (including phenoxy) is 3. The maximum atomic E-state index is 12.3. The fourth-order valence-electron chi connectivity index (χ4n) is 3.63. The van der Waals surface area contributed by atoms with Crippen LogP contribution in [0.25, 0.3) is 0 Å². The van der Waals surface area contributed by atoms with Crippen LogP contribution in [-0.4, -0.2) is 57.1 Å². The third-order valence-electron chi connectivity index (χ3n) is 4.62. The topological polar surface area (TPSA) is 105 Å². The summed E-state index contributed by atoms with van der Waals surface area (Å²) in [6, 6.07) is 8.25. The van der Waals surface area contributed by atoms with Gasteiger partial charge in [-0.3, -0.25) is 8.98 Å². The summed E-state index contributed by atoms with van der Waals surface area (Å²) in [6.07, 6.45) is -3.65. The summed E-state index contributed by atoms with van der Waals surface area (Å²) in [7, 11) is -2.82. The monoisotopic (exact) mass is 354 g/mol. The average molecular weight is 354 g/mol. The van der Waals surface area contributed by atoms with Crippen LogP contribution < -0.4 is 0 Å². The van der Waals surface area contributed by atoms with Crippen molar-refractivity contribution in [2.75, 3.05) is 7.11 Å². The summed E-state index contributed by atoms with van der Waals surface area (Å²) in [5.74, 6) is -2.43. The second kappa shape index (κ2) is 5.27. The van der Waals surface area contributed by atoms with Crippen LogP contribution in [0.15, 0.2) is 30.3 Å². The van der Waals surface area contributed by atoms with Gasteiger partial charge in [-0.15, -0.1) is 0 Å². The number of rotatable bonds is 3. The summed E-state index contributed by atoms with van der Waals surface area (Å²) in [5.41, 5.74) is 0.312. The summed E-state index contributed by atoms with van der Waals surface area (Å²) >= 11 is 0. The fraction of sp³-hybridized carbons (Fsp3) is 0.467. The molecule has 3 fully saturated rings. The third-order valence-corrected chi connectivity index (χ3v) is 6.34. The lowest BCUT2D eigenvalue weighted by molar-refractivity contribution is -0.149. The molecule has 8 nitrogen and oxygen atoms in total. The maximum Gasteiger partial charge on any atom is 0.338 e. The Morgan fingerprint density at radius 1 is 1.08 bits per heavy atom. The van der Waals surface area contributed by atoms with Crippen LogP contribution in [0.5, 0.6) is 0 Å². The molecule has 128 valence electrons. The highest BCUT2D eigenvalue weighted by Gasteiger charge is 2.73. The van der Waals surface area contributed by atoms with Crippen molar-refractivity contribution in [3.63, 3.8) is 0 Å². The largest absolute Gasteiger partial charge is 0.469 e. The van der Waals surface area contributed by atoms with E-state index in [4.69, 9.17) is 13.7 Å². The zero-order valence-corrected chi connectivity index (χ0v) is 13.3. The zero-order valence-electron chi connectivity index (χ0n) is 12.5. The van der Waals surface area contributed by atoms with E-state index in [1.54, 1.807) is 30.3 Å². The van der Waals surface area contributed by atoms with Crippen LogP contribution in [0.4, 0.5) is 0 Å². The first kappa shape index (κ1) is 15.6. The molecule has 4 rings (SSSR count). The van der Waals surface area contributed by atoms with Gasteiger partial charge in [-0.05, 0) is 12.1 Å². The van der Waals surface area contributed by atoms with Gasteiger partial charge in [0.25, 0.3) is 10.1 Å². The highest BCUT2D eigenvalue weighted by molar-refractivity contribution is 7.87. The molecular weight excluding hydrogens is 340 g/mol. The second-order valence-corrected chi connectivity index (χ2v) is 7.59. The van der Waals surface area contributed by atoms with Crippen LogP contribution in [0.2, 0.25) is 0 Å². The molecule has 0 aromatic heterocycles. The molecule has 1 aromatic rings. The van der Waals surface area contributed by atoms with Crippen LogP contribution in [-0.2, 0) is 33.3 Å². The Kier molecular flexibility index (Phi) is 3.41. The molecule has 1 aromatic carbocycles.